The average Bonchev–Trinajstić information content (AvgIpc) is 2.61. The first-order valence-corrected chi connectivity index (χ1v) is 10.8. The van der Waals surface area contributed by atoms with Crippen LogP contribution in [0.4, 0.5) is 11.4 Å². The van der Waals surface area contributed by atoms with E-state index in [9.17, 15) is 25.3 Å². The summed E-state index contributed by atoms with van der Waals surface area (Å²) in [6, 6.07) is 7.13. The normalized spacial score (nSPS) is 11.0. The second-order valence-corrected chi connectivity index (χ2v) is 8.95. The lowest BCUT2D eigenvalue weighted by Crippen LogP contribution is -2.14. The van der Waals surface area contributed by atoms with Gasteiger partial charge in [0.1, 0.15) is 11.5 Å². The Labute approximate surface area is 168 Å². The molecule has 27 heavy (non-hydrogen) atoms. The molecule has 0 spiro atoms. The van der Waals surface area contributed by atoms with E-state index < -0.39 is 20.7 Å². The zero-order valence-electron chi connectivity index (χ0n) is 15.0. The lowest BCUT2D eigenvalue weighted by Gasteiger charge is -2.13. The van der Waals surface area contributed by atoms with Gasteiger partial charge in [-0.2, -0.15) is 0 Å². The van der Waals surface area contributed by atoms with E-state index in [1.807, 2.05) is 13.8 Å². The molecular formula is C18H20BrN2O5S+. The van der Waals surface area contributed by atoms with Gasteiger partial charge in [0.15, 0.2) is 5.75 Å². The number of phenols is 1. The highest BCUT2D eigenvalue weighted by molar-refractivity contribution is 9.10. The molecule has 2 rings (SSSR count). The number of aromatic hydroxyl groups is 1. The largest absolute Gasteiger partial charge is 0.503 e. The number of nitro groups is 2. The molecule has 7 nitrogen and oxygen atoms in total. The predicted octanol–water partition coefficient (Wildman–Crippen LogP) is 5.44. The first kappa shape index (κ1) is 21.2. The number of phenolic OH excluding ortho intramolecular Hbond substituents is 1. The van der Waals surface area contributed by atoms with Crippen LogP contribution in [0.5, 0.6) is 5.75 Å². The molecule has 2 aromatic carbocycles. The molecule has 0 aliphatic heterocycles. The smallest absolute Gasteiger partial charge is 0.327 e. The monoisotopic (exact) mass is 455 g/mol. The molecule has 0 radical (unpaired) electrons. The topological polar surface area (TPSA) is 107 Å². The highest BCUT2D eigenvalue weighted by Gasteiger charge is 2.35. The lowest BCUT2D eigenvalue weighted by molar-refractivity contribution is -0.387. The van der Waals surface area contributed by atoms with Crippen LogP contribution in [-0.4, -0.2) is 26.5 Å². The molecule has 0 amide bonds. The first-order chi connectivity index (χ1) is 12.8. The molecular weight excluding hydrogens is 436 g/mol. The van der Waals surface area contributed by atoms with Crippen molar-refractivity contribution >= 4 is 38.2 Å². The fourth-order valence-corrected chi connectivity index (χ4v) is 5.84. The summed E-state index contributed by atoms with van der Waals surface area (Å²) in [5.74, 6) is 1.39. The maximum Gasteiger partial charge on any atom is 0.327 e. The number of hydrogen-bond donors (Lipinski definition) is 1. The summed E-state index contributed by atoms with van der Waals surface area (Å²) in [4.78, 5) is 21.9. The molecule has 0 saturated carbocycles. The van der Waals surface area contributed by atoms with E-state index in [1.165, 1.54) is 30.3 Å². The van der Waals surface area contributed by atoms with E-state index in [1.54, 1.807) is 0 Å². The van der Waals surface area contributed by atoms with Gasteiger partial charge in [-0.3, -0.25) is 20.2 Å². The minimum absolute atomic E-state index is 0.0797. The van der Waals surface area contributed by atoms with Gasteiger partial charge in [0, 0.05) is 44.7 Å². The molecule has 2 aromatic rings. The lowest BCUT2D eigenvalue weighted by atomic mass is 10.0. The van der Waals surface area contributed by atoms with Crippen molar-refractivity contribution in [3.8, 4) is 16.9 Å². The molecule has 0 unspecified atom stereocenters. The third-order valence-electron chi connectivity index (χ3n) is 3.95. The van der Waals surface area contributed by atoms with Crippen LogP contribution in [0.2, 0.25) is 0 Å². The zero-order valence-corrected chi connectivity index (χ0v) is 17.4. The molecule has 0 bridgehead atoms. The summed E-state index contributed by atoms with van der Waals surface area (Å²) in [6.45, 7) is 4.02. The van der Waals surface area contributed by atoms with Crippen LogP contribution in [-0.2, 0) is 10.9 Å². The van der Waals surface area contributed by atoms with Crippen molar-refractivity contribution in [2.24, 2.45) is 0 Å². The average molecular weight is 456 g/mol. The van der Waals surface area contributed by atoms with E-state index in [-0.39, 0.29) is 17.1 Å². The Hall–Kier alpha value is -2.13. The van der Waals surface area contributed by atoms with Crippen molar-refractivity contribution in [3.05, 3.63) is 55.0 Å². The van der Waals surface area contributed by atoms with Gasteiger partial charge in [0.05, 0.1) is 9.85 Å². The fourth-order valence-electron chi connectivity index (χ4n) is 2.84. The molecule has 0 aliphatic rings. The fraction of sp³-hybridized carbons (Fsp3) is 0.333. The Balaban J connectivity index is 2.68. The number of halogens is 1. The molecule has 0 atom stereocenters. The summed E-state index contributed by atoms with van der Waals surface area (Å²) in [6.07, 6.45) is 1.70. The van der Waals surface area contributed by atoms with Crippen molar-refractivity contribution in [1.82, 2.24) is 0 Å². The second-order valence-electron chi connectivity index (χ2n) is 5.89. The maximum atomic E-state index is 11.5. The van der Waals surface area contributed by atoms with E-state index in [2.05, 4.69) is 15.9 Å². The van der Waals surface area contributed by atoms with E-state index in [4.69, 9.17) is 0 Å². The van der Waals surface area contributed by atoms with E-state index in [0.717, 1.165) is 24.3 Å². The molecule has 1 N–H and O–H groups in total. The van der Waals surface area contributed by atoms with Crippen LogP contribution in [0.15, 0.2) is 39.7 Å². The molecule has 0 heterocycles. The summed E-state index contributed by atoms with van der Waals surface area (Å²) in [5, 5.41) is 33.4. The highest BCUT2D eigenvalue weighted by atomic mass is 79.9. The highest BCUT2D eigenvalue weighted by Crippen LogP contribution is 2.44. The van der Waals surface area contributed by atoms with Crippen LogP contribution >= 0.6 is 15.9 Å². The maximum absolute atomic E-state index is 11.5. The number of nitrogens with zero attached hydrogens (tertiary/aromatic N) is 2. The third-order valence-corrected chi connectivity index (χ3v) is 7.39. The standard InChI is InChI=1S/C18H19BrN2O5S/c1-3-9-27(10-4-2)18-16(21(25)26)8-7-14(17(18)22)13-6-5-12(20(23)24)11-15(13)19/h5-8,11H,3-4,9-10H2,1-2H3/p+1. The van der Waals surface area contributed by atoms with Crippen molar-refractivity contribution < 1.29 is 15.0 Å². The number of benzene rings is 2. The second kappa shape index (κ2) is 9.18. The Morgan fingerprint density at radius 1 is 1.00 bits per heavy atom. The van der Waals surface area contributed by atoms with Crippen LogP contribution in [0.1, 0.15) is 26.7 Å². The van der Waals surface area contributed by atoms with Crippen LogP contribution in [0.3, 0.4) is 0 Å². The molecule has 144 valence electrons. The van der Waals surface area contributed by atoms with Crippen molar-refractivity contribution in [3.63, 3.8) is 0 Å². The summed E-state index contributed by atoms with van der Waals surface area (Å²) < 4.78 is 0.442. The zero-order chi connectivity index (χ0) is 20.1. The van der Waals surface area contributed by atoms with E-state index in [0.29, 0.717) is 20.5 Å². The van der Waals surface area contributed by atoms with E-state index >= 15 is 0 Å². The van der Waals surface area contributed by atoms with Gasteiger partial charge in [0.2, 0.25) is 0 Å². The minimum Gasteiger partial charge on any atom is -0.503 e. The summed E-state index contributed by atoms with van der Waals surface area (Å²) in [5.41, 5.74) is 0.802. The predicted molar refractivity (Wildman–Crippen MR) is 110 cm³/mol. The Kier molecular flexibility index (Phi) is 7.20. The first-order valence-electron chi connectivity index (χ1n) is 8.43. The minimum atomic E-state index is -0.504. The van der Waals surface area contributed by atoms with Crippen LogP contribution in [0.25, 0.3) is 11.1 Å². The van der Waals surface area contributed by atoms with Gasteiger partial charge >= 0.3 is 5.69 Å². The van der Waals surface area contributed by atoms with Crippen LogP contribution in [0, 0.1) is 20.2 Å². The third kappa shape index (κ3) is 4.59. The van der Waals surface area contributed by atoms with Gasteiger partial charge in [-0.25, -0.2) is 0 Å². The van der Waals surface area contributed by atoms with Gasteiger partial charge in [-0.05, 0) is 40.9 Å². The van der Waals surface area contributed by atoms with Crippen molar-refractivity contribution in [2.45, 2.75) is 31.6 Å². The number of nitro benzene ring substituents is 2. The molecule has 0 fully saturated rings. The number of non-ortho nitro benzene ring substituents is 1. The number of hydrogen-bond acceptors (Lipinski definition) is 5. The van der Waals surface area contributed by atoms with Gasteiger partial charge in [-0.15, -0.1) is 0 Å². The van der Waals surface area contributed by atoms with Gasteiger partial charge in [0.25, 0.3) is 10.6 Å². The molecule has 0 aliphatic carbocycles. The van der Waals surface area contributed by atoms with Gasteiger partial charge in [-0.1, -0.05) is 13.8 Å². The van der Waals surface area contributed by atoms with Gasteiger partial charge < -0.3 is 5.11 Å². The Morgan fingerprint density at radius 3 is 2.07 bits per heavy atom. The Morgan fingerprint density at radius 2 is 1.59 bits per heavy atom. The Bertz CT molecular complexity index is 869. The summed E-state index contributed by atoms with van der Waals surface area (Å²) in [7, 11) is -0.449. The SMILES string of the molecule is CCC[S+](CCC)c1c([N+](=O)[O-])ccc(-c2ccc([N+](=O)[O-])cc2Br)c1O. The summed E-state index contributed by atoms with van der Waals surface area (Å²) >= 11 is 3.31. The molecule has 0 aromatic heterocycles. The van der Waals surface area contributed by atoms with Crippen molar-refractivity contribution in [2.75, 3.05) is 11.5 Å². The molecule has 0 saturated heterocycles. The quantitative estimate of drug-likeness (QED) is 0.324. The van der Waals surface area contributed by atoms with Crippen molar-refractivity contribution in [1.29, 1.82) is 0 Å². The van der Waals surface area contributed by atoms with Crippen LogP contribution < -0.4 is 0 Å². The number of rotatable bonds is 8. The molecule has 9 heteroatoms.